The fourth-order valence-electron chi connectivity index (χ4n) is 1.25. The zero-order chi connectivity index (χ0) is 11.8. The van der Waals surface area contributed by atoms with Crippen LogP contribution in [0.25, 0.3) is 0 Å². The van der Waals surface area contributed by atoms with E-state index in [0.29, 0.717) is 18.8 Å². The predicted octanol–water partition coefficient (Wildman–Crippen LogP) is 2.74. The van der Waals surface area contributed by atoms with Gasteiger partial charge in [-0.1, -0.05) is 12.1 Å². The summed E-state index contributed by atoms with van der Waals surface area (Å²) in [5.74, 6) is 0.162. The quantitative estimate of drug-likeness (QED) is 0.732. The molecular weight excluding hydrogens is 216 g/mol. The summed E-state index contributed by atoms with van der Waals surface area (Å²) in [6.45, 7) is -1.52. The third-order valence-corrected chi connectivity index (χ3v) is 1.94. The molecule has 1 aromatic carbocycles. The average Bonchev–Trinajstić information content (AvgIpc) is 2.26. The van der Waals surface area contributed by atoms with Gasteiger partial charge in [0.2, 0.25) is 0 Å². The molecule has 0 radical (unpaired) electrons. The van der Waals surface area contributed by atoms with Crippen LogP contribution in [0.3, 0.4) is 0 Å². The molecule has 0 aliphatic rings. The third kappa shape index (κ3) is 4.44. The van der Waals surface area contributed by atoms with Crippen LogP contribution in [0.2, 0.25) is 0 Å². The van der Waals surface area contributed by atoms with Gasteiger partial charge in [-0.05, 0) is 18.6 Å². The maximum Gasteiger partial charge on any atom is 0.387 e. The zero-order valence-electron chi connectivity index (χ0n) is 9.08. The number of methoxy groups -OCH3 is 1. The molecular formula is C11H15F2NO2. The first-order valence-corrected chi connectivity index (χ1v) is 5.00. The number of halogens is 2. The summed E-state index contributed by atoms with van der Waals surface area (Å²) < 4.78 is 33.4. The van der Waals surface area contributed by atoms with Gasteiger partial charge in [0.05, 0.1) is 5.69 Å². The predicted molar refractivity (Wildman–Crippen MR) is 58.1 cm³/mol. The van der Waals surface area contributed by atoms with Gasteiger partial charge in [-0.3, -0.25) is 0 Å². The fourth-order valence-corrected chi connectivity index (χ4v) is 1.25. The topological polar surface area (TPSA) is 30.5 Å². The maximum atomic E-state index is 12.1. The van der Waals surface area contributed by atoms with Crippen molar-refractivity contribution in [2.75, 3.05) is 25.6 Å². The Kier molecular flexibility index (Phi) is 5.56. The van der Waals surface area contributed by atoms with E-state index in [1.54, 1.807) is 25.3 Å². The number of para-hydroxylation sites is 2. The Morgan fingerprint density at radius 2 is 2.06 bits per heavy atom. The SMILES string of the molecule is COCCCNc1ccccc1OC(F)F. The lowest BCUT2D eigenvalue weighted by atomic mass is 10.3. The number of anilines is 1. The van der Waals surface area contributed by atoms with E-state index < -0.39 is 6.61 Å². The molecule has 0 unspecified atom stereocenters. The zero-order valence-corrected chi connectivity index (χ0v) is 9.08. The van der Waals surface area contributed by atoms with E-state index in [0.717, 1.165) is 6.42 Å². The molecule has 0 aliphatic carbocycles. The highest BCUT2D eigenvalue weighted by Crippen LogP contribution is 2.25. The summed E-state index contributed by atoms with van der Waals surface area (Å²) in [5.41, 5.74) is 0.568. The lowest BCUT2D eigenvalue weighted by Gasteiger charge is -2.12. The highest BCUT2D eigenvalue weighted by molar-refractivity contribution is 5.56. The molecule has 0 aliphatic heterocycles. The lowest BCUT2D eigenvalue weighted by Crippen LogP contribution is -2.08. The molecule has 0 heterocycles. The number of benzene rings is 1. The van der Waals surface area contributed by atoms with Gasteiger partial charge in [0.1, 0.15) is 5.75 Å². The van der Waals surface area contributed by atoms with E-state index in [4.69, 9.17) is 4.74 Å². The Morgan fingerprint density at radius 1 is 1.31 bits per heavy atom. The number of hydrogen-bond acceptors (Lipinski definition) is 3. The molecule has 0 saturated heterocycles. The molecule has 0 fully saturated rings. The van der Waals surface area contributed by atoms with Gasteiger partial charge in [0.25, 0.3) is 0 Å². The number of rotatable bonds is 7. The summed E-state index contributed by atoms with van der Waals surface area (Å²) >= 11 is 0. The highest BCUT2D eigenvalue weighted by Gasteiger charge is 2.07. The first kappa shape index (κ1) is 12.7. The normalized spacial score (nSPS) is 10.5. The Hall–Kier alpha value is -1.36. The Morgan fingerprint density at radius 3 is 2.75 bits per heavy atom. The molecule has 0 amide bonds. The van der Waals surface area contributed by atoms with E-state index in [1.807, 2.05) is 0 Å². The van der Waals surface area contributed by atoms with Gasteiger partial charge >= 0.3 is 6.61 Å². The Bertz CT molecular complexity index is 308. The molecule has 90 valence electrons. The van der Waals surface area contributed by atoms with Gasteiger partial charge in [-0.15, -0.1) is 0 Å². The van der Waals surface area contributed by atoms with Crippen molar-refractivity contribution in [3.63, 3.8) is 0 Å². The first-order valence-electron chi connectivity index (χ1n) is 5.00. The molecule has 0 aromatic heterocycles. The van der Waals surface area contributed by atoms with Crippen molar-refractivity contribution >= 4 is 5.69 Å². The molecule has 0 saturated carbocycles. The van der Waals surface area contributed by atoms with Crippen LogP contribution in [0.5, 0.6) is 5.75 Å². The second-order valence-corrected chi connectivity index (χ2v) is 3.15. The van der Waals surface area contributed by atoms with E-state index in [9.17, 15) is 8.78 Å². The minimum atomic E-state index is -2.80. The molecule has 5 heteroatoms. The summed E-state index contributed by atoms with van der Waals surface area (Å²) in [6, 6.07) is 6.62. The van der Waals surface area contributed by atoms with Crippen LogP contribution >= 0.6 is 0 Å². The molecule has 0 atom stereocenters. The van der Waals surface area contributed by atoms with Crippen molar-refractivity contribution in [2.45, 2.75) is 13.0 Å². The van der Waals surface area contributed by atoms with E-state index in [2.05, 4.69) is 10.1 Å². The number of nitrogens with one attached hydrogen (secondary N) is 1. The first-order chi connectivity index (χ1) is 7.74. The average molecular weight is 231 g/mol. The second kappa shape index (κ2) is 7.00. The van der Waals surface area contributed by atoms with Gasteiger partial charge in [0.15, 0.2) is 0 Å². The smallest absolute Gasteiger partial charge is 0.387 e. The van der Waals surface area contributed by atoms with E-state index in [1.165, 1.54) is 6.07 Å². The molecule has 0 bridgehead atoms. The van der Waals surface area contributed by atoms with Crippen LogP contribution in [0.15, 0.2) is 24.3 Å². The monoisotopic (exact) mass is 231 g/mol. The second-order valence-electron chi connectivity index (χ2n) is 3.15. The van der Waals surface area contributed by atoms with Crippen LogP contribution in [0, 0.1) is 0 Å². The van der Waals surface area contributed by atoms with Crippen LogP contribution in [-0.2, 0) is 4.74 Å². The van der Waals surface area contributed by atoms with Gasteiger partial charge in [0, 0.05) is 20.3 Å². The number of alkyl halides is 2. The van der Waals surface area contributed by atoms with Crippen molar-refractivity contribution in [1.29, 1.82) is 0 Å². The minimum absolute atomic E-state index is 0.162. The van der Waals surface area contributed by atoms with Crippen molar-refractivity contribution in [2.24, 2.45) is 0 Å². The van der Waals surface area contributed by atoms with Crippen LogP contribution < -0.4 is 10.1 Å². The summed E-state index contributed by atoms with van der Waals surface area (Å²) in [4.78, 5) is 0. The van der Waals surface area contributed by atoms with Crippen LogP contribution in [0.1, 0.15) is 6.42 Å². The van der Waals surface area contributed by atoms with Crippen LogP contribution in [-0.4, -0.2) is 26.9 Å². The van der Waals surface area contributed by atoms with Gasteiger partial charge < -0.3 is 14.8 Å². The van der Waals surface area contributed by atoms with Crippen molar-refractivity contribution in [1.82, 2.24) is 0 Å². The fraction of sp³-hybridized carbons (Fsp3) is 0.455. The van der Waals surface area contributed by atoms with Gasteiger partial charge in [-0.2, -0.15) is 8.78 Å². The van der Waals surface area contributed by atoms with E-state index >= 15 is 0 Å². The molecule has 1 aromatic rings. The highest BCUT2D eigenvalue weighted by atomic mass is 19.3. The van der Waals surface area contributed by atoms with Crippen molar-refractivity contribution in [3.05, 3.63) is 24.3 Å². The molecule has 3 nitrogen and oxygen atoms in total. The Balaban J connectivity index is 2.50. The lowest BCUT2D eigenvalue weighted by molar-refractivity contribution is -0.0493. The number of ether oxygens (including phenoxy) is 2. The summed E-state index contributed by atoms with van der Waals surface area (Å²) in [6.07, 6.45) is 0.805. The van der Waals surface area contributed by atoms with E-state index in [-0.39, 0.29) is 5.75 Å². The molecule has 16 heavy (non-hydrogen) atoms. The standard InChI is InChI=1S/C11H15F2NO2/c1-15-8-4-7-14-9-5-2-3-6-10(9)16-11(12)13/h2-3,5-6,11,14H,4,7-8H2,1H3. The largest absolute Gasteiger partial charge is 0.433 e. The minimum Gasteiger partial charge on any atom is -0.433 e. The van der Waals surface area contributed by atoms with Crippen LogP contribution in [0.4, 0.5) is 14.5 Å². The molecule has 0 spiro atoms. The summed E-state index contributed by atoms with van der Waals surface area (Å²) in [5, 5.41) is 3.02. The third-order valence-electron chi connectivity index (χ3n) is 1.94. The van der Waals surface area contributed by atoms with Crippen molar-refractivity contribution < 1.29 is 18.3 Å². The van der Waals surface area contributed by atoms with Gasteiger partial charge in [-0.25, -0.2) is 0 Å². The maximum absolute atomic E-state index is 12.1. The number of hydrogen-bond donors (Lipinski definition) is 1. The molecule has 1 N–H and O–H groups in total. The summed E-state index contributed by atoms with van der Waals surface area (Å²) in [7, 11) is 1.62. The van der Waals surface area contributed by atoms with Crippen molar-refractivity contribution in [3.8, 4) is 5.75 Å². The molecule has 1 rings (SSSR count). The Labute approximate surface area is 93.4 Å².